The molecule has 0 aliphatic carbocycles. The molecule has 3 N–H and O–H groups in total. The molecule has 23 heavy (non-hydrogen) atoms. The zero-order valence-corrected chi connectivity index (χ0v) is 13.1. The minimum Gasteiger partial charge on any atom is -0.380 e. The summed E-state index contributed by atoms with van der Waals surface area (Å²) in [4.78, 5) is 23.4. The van der Waals surface area contributed by atoms with E-state index in [9.17, 15) is 9.59 Å². The number of anilines is 2. The van der Waals surface area contributed by atoms with Crippen molar-refractivity contribution < 1.29 is 14.3 Å². The van der Waals surface area contributed by atoms with Crippen molar-refractivity contribution in [3.63, 3.8) is 0 Å². The molecule has 2 aromatic carbocycles. The van der Waals surface area contributed by atoms with Crippen LogP contribution >= 0.6 is 0 Å². The first-order chi connectivity index (χ1) is 11.1. The van der Waals surface area contributed by atoms with E-state index in [1.54, 1.807) is 50.6 Å². The van der Waals surface area contributed by atoms with Gasteiger partial charge in [0.2, 0.25) is 0 Å². The summed E-state index contributed by atoms with van der Waals surface area (Å²) in [6.07, 6.45) is 0. The van der Waals surface area contributed by atoms with Gasteiger partial charge in [-0.1, -0.05) is 12.1 Å². The van der Waals surface area contributed by atoms with E-state index in [4.69, 9.17) is 4.74 Å². The Bertz CT molecular complexity index is 666. The van der Waals surface area contributed by atoms with E-state index in [1.165, 1.54) is 0 Å². The summed E-state index contributed by atoms with van der Waals surface area (Å²) in [6.45, 7) is 0.516. The van der Waals surface area contributed by atoms with Gasteiger partial charge in [-0.05, 0) is 42.0 Å². The molecule has 0 saturated heterocycles. The lowest BCUT2D eigenvalue weighted by Crippen LogP contribution is -2.24. The predicted octanol–water partition coefficient (Wildman–Crippen LogP) is 2.84. The Hall–Kier alpha value is -2.86. The molecular formula is C17H19N3O3. The van der Waals surface area contributed by atoms with Gasteiger partial charge < -0.3 is 20.7 Å². The predicted molar refractivity (Wildman–Crippen MR) is 89.6 cm³/mol. The van der Waals surface area contributed by atoms with Crippen LogP contribution < -0.4 is 16.0 Å². The first kappa shape index (κ1) is 16.5. The monoisotopic (exact) mass is 313 g/mol. The molecule has 2 rings (SSSR count). The lowest BCUT2D eigenvalue weighted by atomic mass is 10.1. The number of methoxy groups -OCH3 is 1. The van der Waals surface area contributed by atoms with Crippen LogP contribution in [0.2, 0.25) is 0 Å². The molecule has 0 aliphatic heterocycles. The standard InChI is InChI=1S/C17H19N3O3/c1-18-17(22)20-15-9-7-14(8-10-15)19-16(21)13-5-3-12(4-6-13)11-23-2/h3-10H,11H2,1-2H3,(H,19,21)(H2,18,20,22). The van der Waals surface area contributed by atoms with Crippen molar-refractivity contribution in [2.45, 2.75) is 6.61 Å². The van der Waals surface area contributed by atoms with Crippen LogP contribution in [0, 0.1) is 0 Å². The molecule has 0 bridgehead atoms. The van der Waals surface area contributed by atoms with Gasteiger partial charge in [-0.25, -0.2) is 4.79 Å². The maximum Gasteiger partial charge on any atom is 0.318 e. The van der Waals surface area contributed by atoms with Crippen LogP contribution in [0.3, 0.4) is 0 Å². The summed E-state index contributed by atoms with van der Waals surface area (Å²) in [5.74, 6) is -0.194. The molecule has 6 heteroatoms. The third-order valence-corrected chi connectivity index (χ3v) is 3.15. The molecular weight excluding hydrogens is 294 g/mol. The Morgan fingerprint density at radius 1 is 0.913 bits per heavy atom. The first-order valence-electron chi connectivity index (χ1n) is 7.10. The first-order valence-corrected chi connectivity index (χ1v) is 7.10. The molecule has 0 fully saturated rings. The van der Waals surface area contributed by atoms with Gasteiger partial charge in [0.15, 0.2) is 0 Å². The zero-order chi connectivity index (χ0) is 16.7. The van der Waals surface area contributed by atoms with Crippen molar-refractivity contribution in [1.82, 2.24) is 5.32 Å². The minimum atomic E-state index is -0.294. The Kier molecular flexibility index (Phi) is 5.71. The number of urea groups is 1. The topological polar surface area (TPSA) is 79.5 Å². The maximum atomic E-state index is 12.2. The number of rotatable bonds is 5. The van der Waals surface area contributed by atoms with Crippen LogP contribution in [0.15, 0.2) is 48.5 Å². The summed E-state index contributed by atoms with van der Waals surface area (Å²) in [5.41, 5.74) is 2.87. The highest BCUT2D eigenvalue weighted by atomic mass is 16.5. The van der Waals surface area contributed by atoms with Crippen LogP contribution in [0.4, 0.5) is 16.2 Å². The third-order valence-electron chi connectivity index (χ3n) is 3.15. The van der Waals surface area contributed by atoms with Gasteiger partial charge in [-0.3, -0.25) is 4.79 Å². The highest BCUT2D eigenvalue weighted by Crippen LogP contribution is 2.15. The van der Waals surface area contributed by atoms with E-state index in [-0.39, 0.29) is 11.9 Å². The zero-order valence-electron chi connectivity index (χ0n) is 13.1. The van der Waals surface area contributed by atoms with Crippen LogP contribution in [0.1, 0.15) is 15.9 Å². The van der Waals surface area contributed by atoms with Gasteiger partial charge in [0.1, 0.15) is 0 Å². The van der Waals surface area contributed by atoms with E-state index < -0.39 is 0 Å². The summed E-state index contributed by atoms with van der Waals surface area (Å²) >= 11 is 0. The fourth-order valence-corrected chi connectivity index (χ4v) is 1.95. The van der Waals surface area contributed by atoms with Crippen LogP contribution in [0.5, 0.6) is 0 Å². The summed E-state index contributed by atoms with van der Waals surface area (Å²) in [7, 11) is 3.17. The Balaban J connectivity index is 1.98. The van der Waals surface area contributed by atoms with Crippen LogP contribution in [-0.2, 0) is 11.3 Å². The summed E-state index contributed by atoms with van der Waals surface area (Å²) < 4.78 is 5.04. The largest absolute Gasteiger partial charge is 0.380 e. The van der Waals surface area contributed by atoms with E-state index in [1.807, 2.05) is 12.1 Å². The smallest absolute Gasteiger partial charge is 0.318 e. The fourth-order valence-electron chi connectivity index (χ4n) is 1.95. The Labute approximate surface area is 134 Å². The molecule has 6 nitrogen and oxygen atoms in total. The fraction of sp³-hybridized carbons (Fsp3) is 0.176. The Morgan fingerprint density at radius 3 is 2.00 bits per heavy atom. The quantitative estimate of drug-likeness (QED) is 0.794. The van der Waals surface area contributed by atoms with Gasteiger partial charge in [0, 0.05) is 31.1 Å². The van der Waals surface area contributed by atoms with Crippen molar-refractivity contribution in [2.75, 3.05) is 24.8 Å². The van der Waals surface area contributed by atoms with Gasteiger partial charge in [-0.15, -0.1) is 0 Å². The highest BCUT2D eigenvalue weighted by molar-refractivity contribution is 6.04. The summed E-state index contributed by atoms with van der Waals surface area (Å²) in [5, 5.41) is 7.92. The molecule has 2 aromatic rings. The lowest BCUT2D eigenvalue weighted by molar-refractivity contribution is 0.102. The third kappa shape index (κ3) is 4.82. The lowest BCUT2D eigenvalue weighted by Gasteiger charge is -2.08. The van der Waals surface area contributed by atoms with Crippen molar-refractivity contribution in [1.29, 1.82) is 0 Å². The number of carbonyl (C=O) groups is 2. The average molecular weight is 313 g/mol. The SMILES string of the molecule is CNC(=O)Nc1ccc(NC(=O)c2ccc(COC)cc2)cc1. The normalized spacial score (nSPS) is 10.0. The number of nitrogens with one attached hydrogen (secondary N) is 3. The van der Waals surface area contributed by atoms with Crippen LogP contribution in [-0.4, -0.2) is 26.1 Å². The minimum absolute atomic E-state index is 0.194. The van der Waals surface area contributed by atoms with E-state index in [0.29, 0.717) is 23.5 Å². The average Bonchev–Trinajstić information content (AvgIpc) is 2.57. The molecule has 120 valence electrons. The number of hydrogen-bond donors (Lipinski definition) is 3. The maximum absolute atomic E-state index is 12.2. The van der Waals surface area contributed by atoms with Gasteiger partial charge >= 0.3 is 6.03 Å². The molecule has 0 radical (unpaired) electrons. The summed E-state index contributed by atoms with van der Waals surface area (Å²) in [6, 6.07) is 13.8. The number of amides is 3. The molecule has 0 unspecified atom stereocenters. The molecule has 0 spiro atoms. The van der Waals surface area contributed by atoms with Crippen molar-refractivity contribution in [2.24, 2.45) is 0 Å². The molecule has 0 atom stereocenters. The van der Waals surface area contributed by atoms with Crippen molar-refractivity contribution >= 4 is 23.3 Å². The molecule has 0 heterocycles. The Morgan fingerprint density at radius 2 is 1.48 bits per heavy atom. The van der Waals surface area contributed by atoms with Gasteiger partial charge in [-0.2, -0.15) is 0 Å². The molecule has 0 saturated carbocycles. The molecule has 0 aromatic heterocycles. The van der Waals surface area contributed by atoms with Crippen LogP contribution in [0.25, 0.3) is 0 Å². The van der Waals surface area contributed by atoms with E-state index in [0.717, 1.165) is 5.56 Å². The number of ether oxygens (including phenoxy) is 1. The second-order valence-corrected chi connectivity index (χ2v) is 4.87. The second kappa shape index (κ2) is 7.95. The molecule has 3 amide bonds. The van der Waals surface area contributed by atoms with Crippen molar-refractivity contribution in [3.8, 4) is 0 Å². The van der Waals surface area contributed by atoms with E-state index >= 15 is 0 Å². The van der Waals surface area contributed by atoms with Gasteiger partial charge in [0.05, 0.1) is 6.61 Å². The number of benzene rings is 2. The van der Waals surface area contributed by atoms with Gasteiger partial charge in [0.25, 0.3) is 5.91 Å². The number of carbonyl (C=O) groups excluding carboxylic acids is 2. The molecule has 0 aliphatic rings. The van der Waals surface area contributed by atoms with Crippen molar-refractivity contribution in [3.05, 3.63) is 59.7 Å². The number of hydrogen-bond acceptors (Lipinski definition) is 3. The highest BCUT2D eigenvalue weighted by Gasteiger charge is 2.06. The van der Waals surface area contributed by atoms with E-state index in [2.05, 4.69) is 16.0 Å². The second-order valence-electron chi connectivity index (χ2n) is 4.87.